The van der Waals surface area contributed by atoms with Crippen LogP contribution < -0.4 is 5.73 Å². The molecule has 1 saturated heterocycles. The number of rotatable bonds is 2. The fourth-order valence-electron chi connectivity index (χ4n) is 2.04. The number of nitrogens with two attached hydrogens (primary N) is 1. The van der Waals surface area contributed by atoms with Crippen molar-refractivity contribution in [1.82, 2.24) is 15.2 Å². The minimum absolute atomic E-state index is 0.0275. The molecular weight excluding hydrogens is 224 g/mol. The van der Waals surface area contributed by atoms with Gasteiger partial charge in [0.05, 0.1) is 5.60 Å². The molecule has 1 unspecified atom stereocenters. The van der Waals surface area contributed by atoms with Crippen LogP contribution in [0.5, 0.6) is 0 Å². The number of nitrogens with zero attached hydrogens (tertiary/aromatic N) is 3. The Morgan fingerprint density at radius 2 is 2.35 bits per heavy atom. The van der Waals surface area contributed by atoms with Crippen LogP contribution in [0.3, 0.4) is 0 Å². The molecule has 7 heteroatoms. The largest absolute Gasteiger partial charge is 0.379 e. The Labute approximate surface area is 98.9 Å². The molecule has 0 bridgehead atoms. The predicted molar refractivity (Wildman–Crippen MR) is 59.3 cm³/mol. The summed E-state index contributed by atoms with van der Waals surface area (Å²) in [5.74, 6) is -0.230. The fraction of sp³-hybridized carbons (Fsp3) is 0.700. The highest BCUT2D eigenvalue weighted by Crippen LogP contribution is 2.25. The smallest absolute Gasteiger partial charge is 0.280 e. The van der Waals surface area contributed by atoms with Crippen LogP contribution in [0.4, 0.5) is 5.82 Å². The minimum atomic E-state index is -0.306. The van der Waals surface area contributed by atoms with E-state index >= 15 is 0 Å². The van der Waals surface area contributed by atoms with Crippen LogP contribution in [0, 0.1) is 0 Å². The van der Waals surface area contributed by atoms with Gasteiger partial charge in [-0.05, 0) is 30.1 Å². The lowest BCUT2D eigenvalue weighted by Gasteiger charge is -2.39. The Balaban J connectivity index is 2.13. The number of anilines is 1. The number of methoxy groups -OCH3 is 1. The van der Waals surface area contributed by atoms with Gasteiger partial charge >= 0.3 is 0 Å². The molecule has 0 radical (unpaired) electrons. The molecule has 0 aliphatic carbocycles. The molecule has 1 aromatic rings. The third-order valence-corrected chi connectivity index (χ3v) is 3.16. The molecule has 0 saturated carbocycles. The summed E-state index contributed by atoms with van der Waals surface area (Å²) < 4.78 is 9.85. The third kappa shape index (κ3) is 2.23. The Hall–Kier alpha value is -1.63. The maximum absolute atomic E-state index is 12.1. The number of hydrogen-bond acceptors (Lipinski definition) is 6. The molecule has 7 nitrogen and oxygen atoms in total. The van der Waals surface area contributed by atoms with Crippen molar-refractivity contribution < 1.29 is 14.2 Å². The van der Waals surface area contributed by atoms with Gasteiger partial charge in [0.15, 0.2) is 0 Å². The van der Waals surface area contributed by atoms with Crippen molar-refractivity contribution in [3.63, 3.8) is 0 Å². The zero-order valence-electron chi connectivity index (χ0n) is 9.97. The summed E-state index contributed by atoms with van der Waals surface area (Å²) in [7, 11) is 1.65. The summed E-state index contributed by atoms with van der Waals surface area (Å²) in [5.41, 5.74) is 5.27. The minimum Gasteiger partial charge on any atom is -0.379 e. The van der Waals surface area contributed by atoms with Crippen LogP contribution in [0.1, 0.15) is 30.3 Å². The summed E-state index contributed by atoms with van der Waals surface area (Å²) >= 11 is 0. The summed E-state index contributed by atoms with van der Waals surface area (Å²) in [4.78, 5) is 13.8. The molecule has 1 fully saturated rings. The Kier molecular flexibility index (Phi) is 3.01. The first-order chi connectivity index (χ1) is 8.06. The van der Waals surface area contributed by atoms with Crippen molar-refractivity contribution in [2.24, 2.45) is 0 Å². The van der Waals surface area contributed by atoms with E-state index in [0.29, 0.717) is 13.1 Å². The van der Waals surface area contributed by atoms with Gasteiger partial charge in [-0.2, -0.15) is 0 Å². The van der Waals surface area contributed by atoms with E-state index in [1.807, 2.05) is 6.92 Å². The number of likely N-dealkylation sites (tertiary alicyclic amines) is 1. The molecular formula is C10H16N4O3. The van der Waals surface area contributed by atoms with Crippen LogP contribution in [0.25, 0.3) is 0 Å². The topological polar surface area (TPSA) is 94.5 Å². The highest BCUT2D eigenvalue weighted by atomic mass is 16.6. The van der Waals surface area contributed by atoms with Gasteiger partial charge in [0, 0.05) is 20.2 Å². The number of nitrogen functional groups attached to an aromatic ring is 1. The molecule has 1 aliphatic rings. The number of carbonyl (C=O) groups excluding carboxylic acids is 1. The van der Waals surface area contributed by atoms with E-state index in [1.54, 1.807) is 12.0 Å². The summed E-state index contributed by atoms with van der Waals surface area (Å²) in [6, 6.07) is 0. The number of amides is 1. The van der Waals surface area contributed by atoms with Gasteiger partial charge in [-0.1, -0.05) is 0 Å². The maximum atomic E-state index is 12.1. The lowest BCUT2D eigenvalue weighted by molar-refractivity contribution is -0.0441. The number of ether oxygens (including phenoxy) is 1. The summed E-state index contributed by atoms with van der Waals surface area (Å²) in [5, 5.41) is 6.92. The molecule has 0 aromatic carbocycles. The first-order valence-corrected chi connectivity index (χ1v) is 5.48. The van der Waals surface area contributed by atoms with Crippen LogP contribution in [0.15, 0.2) is 4.63 Å². The maximum Gasteiger partial charge on any atom is 0.280 e. The summed E-state index contributed by atoms with van der Waals surface area (Å²) in [6.07, 6.45) is 1.82. The molecule has 1 aliphatic heterocycles. The number of carbonyl (C=O) groups is 1. The standard InChI is InChI=1S/C10H16N4O3/c1-10(16-2)4-3-5-14(6-10)9(15)7-8(11)13-17-12-7/h3-6H2,1-2H3,(H2,11,13). The summed E-state index contributed by atoms with van der Waals surface area (Å²) in [6.45, 7) is 3.18. The van der Waals surface area contributed by atoms with Crippen LogP contribution in [-0.4, -0.2) is 46.9 Å². The van der Waals surface area contributed by atoms with Gasteiger partial charge < -0.3 is 15.4 Å². The third-order valence-electron chi connectivity index (χ3n) is 3.16. The quantitative estimate of drug-likeness (QED) is 0.798. The molecule has 1 atom stereocenters. The van der Waals surface area contributed by atoms with E-state index in [-0.39, 0.29) is 23.0 Å². The Morgan fingerprint density at radius 1 is 1.59 bits per heavy atom. The zero-order chi connectivity index (χ0) is 12.5. The predicted octanol–water partition coefficient (Wildman–Crippen LogP) is 0.293. The van der Waals surface area contributed by atoms with E-state index < -0.39 is 0 Å². The first kappa shape index (κ1) is 11.8. The van der Waals surface area contributed by atoms with Crippen LogP contribution >= 0.6 is 0 Å². The molecule has 94 valence electrons. The highest BCUT2D eigenvalue weighted by molar-refractivity contribution is 5.96. The number of piperidine rings is 1. The fourth-order valence-corrected chi connectivity index (χ4v) is 2.04. The van der Waals surface area contributed by atoms with Gasteiger partial charge in [-0.15, -0.1) is 0 Å². The normalized spacial score (nSPS) is 24.9. The van der Waals surface area contributed by atoms with Crippen LogP contribution in [-0.2, 0) is 4.74 Å². The van der Waals surface area contributed by atoms with E-state index in [1.165, 1.54) is 0 Å². The van der Waals surface area contributed by atoms with Gasteiger partial charge in [0.2, 0.25) is 11.5 Å². The monoisotopic (exact) mass is 240 g/mol. The molecule has 17 heavy (non-hydrogen) atoms. The average molecular weight is 240 g/mol. The second kappa shape index (κ2) is 4.33. The molecule has 2 rings (SSSR count). The van der Waals surface area contributed by atoms with Gasteiger partial charge in [0.1, 0.15) is 0 Å². The molecule has 2 heterocycles. The van der Waals surface area contributed by atoms with Crippen molar-refractivity contribution in [1.29, 1.82) is 0 Å². The SMILES string of the molecule is COC1(C)CCCN(C(=O)c2nonc2N)C1. The molecule has 2 N–H and O–H groups in total. The lowest BCUT2D eigenvalue weighted by atomic mass is 9.94. The van der Waals surface area contributed by atoms with E-state index in [0.717, 1.165) is 12.8 Å². The molecule has 1 aromatic heterocycles. The Bertz CT molecular complexity index is 419. The van der Waals surface area contributed by atoms with Crippen molar-refractivity contribution in [2.75, 3.05) is 25.9 Å². The average Bonchev–Trinajstić information content (AvgIpc) is 2.75. The van der Waals surface area contributed by atoms with Crippen molar-refractivity contribution in [3.8, 4) is 0 Å². The van der Waals surface area contributed by atoms with Gasteiger partial charge in [0.25, 0.3) is 5.91 Å². The zero-order valence-corrected chi connectivity index (χ0v) is 9.97. The Morgan fingerprint density at radius 3 is 2.94 bits per heavy atom. The van der Waals surface area contributed by atoms with Gasteiger partial charge in [-0.25, -0.2) is 4.63 Å². The van der Waals surface area contributed by atoms with E-state index in [2.05, 4.69) is 14.9 Å². The molecule has 1 amide bonds. The number of hydrogen-bond donors (Lipinski definition) is 1. The highest BCUT2D eigenvalue weighted by Gasteiger charge is 2.34. The van der Waals surface area contributed by atoms with Gasteiger partial charge in [-0.3, -0.25) is 4.79 Å². The van der Waals surface area contributed by atoms with Crippen molar-refractivity contribution in [3.05, 3.63) is 5.69 Å². The molecule has 0 spiro atoms. The van der Waals surface area contributed by atoms with Crippen LogP contribution in [0.2, 0.25) is 0 Å². The van der Waals surface area contributed by atoms with Crippen molar-refractivity contribution >= 4 is 11.7 Å². The first-order valence-electron chi connectivity index (χ1n) is 5.48. The second-order valence-corrected chi connectivity index (χ2v) is 4.48. The second-order valence-electron chi connectivity index (χ2n) is 4.48. The van der Waals surface area contributed by atoms with Crippen molar-refractivity contribution in [2.45, 2.75) is 25.4 Å². The van der Waals surface area contributed by atoms with E-state index in [9.17, 15) is 4.79 Å². The number of aromatic nitrogens is 2. The van der Waals surface area contributed by atoms with E-state index in [4.69, 9.17) is 10.5 Å². The lowest BCUT2D eigenvalue weighted by Crippen LogP contribution is -2.49.